The van der Waals surface area contributed by atoms with Crippen molar-refractivity contribution in [2.75, 3.05) is 0 Å². The minimum atomic E-state index is 0.372. The predicted octanol–water partition coefficient (Wildman–Crippen LogP) is 6.46. The number of nitrogens with zero attached hydrogens (tertiary/aromatic N) is 4. The lowest BCUT2D eigenvalue weighted by Gasteiger charge is -2.10. The van der Waals surface area contributed by atoms with Crippen LogP contribution in [0.4, 0.5) is 0 Å². The summed E-state index contributed by atoms with van der Waals surface area (Å²) in [5.41, 5.74) is 2.63. The van der Waals surface area contributed by atoms with Crippen LogP contribution in [0.1, 0.15) is 0 Å². The molecule has 0 bridgehead atoms. The summed E-state index contributed by atoms with van der Waals surface area (Å²) in [5.74, 6) is 1.56. The summed E-state index contributed by atoms with van der Waals surface area (Å²) in [6.45, 7) is 0. The Morgan fingerprint density at radius 1 is 0.586 bits per heavy atom. The molecule has 3 aromatic carbocycles. The summed E-state index contributed by atoms with van der Waals surface area (Å²) in [6, 6.07) is 27.3. The van der Waals surface area contributed by atoms with Gasteiger partial charge in [0.05, 0.1) is 10.5 Å². The van der Waals surface area contributed by atoms with Gasteiger partial charge in [-0.1, -0.05) is 102 Å². The van der Waals surface area contributed by atoms with Crippen molar-refractivity contribution in [3.8, 4) is 28.7 Å². The van der Waals surface area contributed by atoms with Crippen molar-refractivity contribution in [3.63, 3.8) is 0 Å². The Labute approximate surface area is 177 Å². The number of para-hydroxylation sites is 1. The molecule has 140 valence electrons. The zero-order valence-electron chi connectivity index (χ0n) is 15.1. The molecule has 5 rings (SSSR count). The van der Waals surface area contributed by atoms with Crippen LogP contribution >= 0.6 is 23.2 Å². The van der Waals surface area contributed by atoms with Gasteiger partial charge in [-0.15, -0.1) is 0 Å². The molecule has 4 nitrogen and oxygen atoms in total. The van der Waals surface area contributed by atoms with E-state index in [1.807, 2.05) is 84.9 Å². The van der Waals surface area contributed by atoms with Gasteiger partial charge in [-0.3, -0.25) is 4.57 Å². The monoisotopic (exact) mass is 416 g/mol. The van der Waals surface area contributed by atoms with E-state index in [1.54, 1.807) is 4.57 Å². The largest absolute Gasteiger partial charge is 0.267 e. The number of hydrogen-bond acceptors (Lipinski definition) is 3. The molecule has 0 aliphatic carbocycles. The molecule has 0 N–H and O–H groups in total. The number of rotatable bonds is 3. The molecule has 0 amide bonds. The van der Waals surface area contributed by atoms with E-state index in [9.17, 15) is 0 Å². The SMILES string of the molecule is Clc1c(Cl)n(-c2nc(-c3ccccc3)nc(-c3ccccc3)n2)c2ccccc12. The average molecular weight is 417 g/mol. The number of hydrogen-bond donors (Lipinski definition) is 0. The summed E-state index contributed by atoms with van der Waals surface area (Å²) in [4.78, 5) is 14.1. The van der Waals surface area contributed by atoms with Crippen LogP contribution in [0.2, 0.25) is 10.2 Å². The normalized spacial score (nSPS) is 11.1. The van der Waals surface area contributed by atoms with Crippen molar-refractivity contribution in [2.45, 2.75) is 0 Å². The first-order chi connectivity index (χ1) is 14.2. The van der Waals surface area contributed by atoms with Crippen LogP contribution in [0, 0.1) is 0 Å². The van der Waals surface area contributed by atoms with Crippen LogP contribution < -0.4 is 0 Å². The first-order valence-electron chi connectivity index (χ1n) is 9.04. The summed E-state index contributed by atoms with van der Waals surface area (Å²) in [5, 5.41) is 1.70. The third kappa shape index (κ3) is 3.16. The van der Waals surface area contributed by atoms with E-state index in [4.69, 9.17) is 38.2 Å². The summed E-state index contributed by atoms with van der Waals surface area (Å²) >= 11 is 13.1. The second-order valence-corrected chi connectivity index (χ2v) is 7.21. The number of fused-ring (bicyclic) bond motifs is 1. The van der Waals surface area contributed by atoms with E-state index in [0.29, 0.717) is 27.8 Å². The molecule has 0 aliphatic heterocycles. The highest BCUT2D eigenvalue weighted by atomic mass is 35.5. The molecule has 0 spiro atoms. The third-order valence-electron chi connectivity index (χ3n) is 4.65. The van der Waals surface area contributed by atoms with Crippen LogP contribution in [-0.4, -0.2) is 19.5 Å². The second-order valence-electron chi connectivity index (χ2n) is 6.47. The standard InChI is InChI=1S/C23H14Cl2N4/c24-19-17-13-7-8-14-18(17)29(20(19)25)23-27-21(15-9-3-1-4-10-15)26-22(28-23)16-11-5-2-6-12-16/h1-14H. The Morgan fingerprint density at radius 3 is 1.69 bits per heavy atom. The molecule has 0 saturated heterocycles. The molecule has 0 fully saturated rings. The van der Waals surface area contributed by atoms with E-state index in [1.165, 1.54) is 0 Å². The van der Waals surface area contributed by atoms with Crippen LogP contribution in [0.3, 0.4) is 0 Å². The molecule has 29 heavy (non-hydrogen) atoms. The van der Waals surface area contributed by atoms with Crippen molar-refractivity contribution in [1.82, 2.24) is 19.5 Å². The lowest BCUT2D eigenvalue weighted by molar-refractivity contribution is 0.934. The van der Waals surface area contributed by atoms with Crippen LogP contribution in [-0.2, 0) is 0 Å². The van der Waals surface area contributed by atoms with Gasteiger partial charge in [0.1, 0.15) is 5.15 Å². The molecule has 0 radical (unpaired) electrons. The first-order valence-corrected chi connectivity index (χ1v) is 9.80. The molecule has 0 atom stereocenters. The Hall–Kier alpha value is -3.21. The van der Waals surface area contributed by atoms with E-state index in [0.717, 1.165) is 22.0 Å². The van der Waals surface area contributed by atoms with Crippen LogP contribution in [0.25, 0.3) is 39.6 Å². The maximum absolute atomic E-state index is 6.60. The average Bonchev–Trinajstić information content (AvgIpc) is 3.05. The molecule has 2 heterocycles. The molecule has 6 heteroatoms. The Bertz CT molecular complexity index is 1260. The molecule has 0 aliphatic rings. The molecular weight excluding hydrogens is 403 g/mol. The maximum atomic E-state index is 6.60. The van der Waals surface area contributed by atoms with Gasteiger partial charge < -0.3 is 0 Å². The third-order valence-corrected chi connectivity index (χ3v) is 5.48. The summed E-state index contributed by atoms with van der Waals surface area (Å²) < 4.78 is 1.76. The van der Waals surface area contributed by atoms with Crippen molar-refractivity contribution < 1.29 is 0 Å². The smallest absolute Gasteiger partial charge is 0.239 e. The number of halogens is 2. The fourth-order valence-corrected chi connectivity index (χ4v) is 3.77. The van der Waals surface area contributed by atoms with Crippen LogP contribution in [0.15, 0.2) is 84.9 Å². The fourth-order valence-electron chi connectivity index (χ4n) is 3.26. The van der Waals surface area contributed by atoms with E-state index < -0.39 is 0 Å². The van der Waals surface area contributed by atoms with Crippen molar-refractivity contribution >= 4 is 34.1 Å². The first kappa shape index (κ1) is 17.9. The van der Waals surface area contributed by atoms with Gasteiger partial charge in [0.15, 0.2) is 11.6 Å². The lowest BCUT2D eigenvalue weighted by Crippen LogP contribution is -2.06. The van der Waals surface area contributed by atoms with E-state index >= 15 is 0 Å². The number of benzene rings is 3. The quantitative estimate of drug-likeness (QED) is 0.339. The van der Waals surface area contributed by atoms with Gasteiger partial charge in [0, 0.05) is 16.5 Å². The Balaban J connectivity index is 1.81. The Morgan fingerprint density at radius 2 is 1.10 bits per heavy atom. The highest BCUT2D eigenvalue weighted by molar-refractivity contribution is 6.45. The predicted molar refractivity (Wildman–Crippen MR) is 118 cm³/mol. The molecule has 5 aromatic rings. The summed E-state index contributed by atoms with van der Waals surface area (Å²) in [6.07, 6.45) is 0. The van der Waals surface area contributed by atoms with Gasteiger partial charge in [-0.25, -0.2) is 4.98 Å². The van der Waals surface area contributed by atoms with Crippen molar-refractivity contribution in [2.24, 2.45) is 0 Å². The molecule has 0 saturated carbocycles. The minimum absolute atomic E-state index is 0.372. The molecular formula is C23H14Cl2N4. The fraction of sp³-hybridized carbons (Fsp3) is 0. The zero-order valence-corrected chi connectivity index (χ0v) is 16.6. The lowest BCUT2D eigenvalue weighted by atomic mass is 10.2. The number of aromatic nitrogens is 4. The van der Waals surface area contributed by atoms with Crippen molar-refractivity contribution in [1.29, 1.82) is 0 Å². The summed E-state index contributed by atoms with van der Waals surface area (Å²) in [7, 11) is 0. The maximum Gasteiger partial charge on any atom is 0.239 e. The Kier molecular flexibility index (Phi) is 4.51. The van der Waals surface area contributed by atoms with Crippen molar-refractivity contribution in [3.05, 3.63) is 95.1 Å². The highest BCUT2D eigenvalue weighted by Crippen LogP contribution is 2.36. The topological polar surface area (TPSA) is 43.6 Å². The van der Waals surface area contributed by atoms with E-state index in [2.05, 4.69) is 0 Å². The minimum Gasteiger partial charge on any atom is -0.267 e. The van der Waals surface area contributed by atoms with E-state index in [-0.39, 0.29) is 0 Å². The van der Waals surface area contributed by atoms with Crippen LogP contribution in [0.5, 0.6) is 0 Å². The second kappa shape index (κ2) is 7.32. The molecule has 0 unspecified atom stereocenters. The zero-order chi connectivity index (χ0) is 19.8. The van der Waals surface area contributed by atoms with Gasteiger partial charge in [0.2, 0.25) is 5.95 Å². The van der Waals surface area contributed by atoms with Gasteiger partial charge in [-0.2, -0.15) is 9.97 Å². The highest BCUT2D eigenvalue weighted by Gasteiger charge is 2.19. The molecule has 2 aromatic heterocycles. The van der Waals surface area contributed by atoms with Gasteiger partial charge in [0.25, 0.3) is 0 Å². The van der Waals surface area contributed by atoms with Gasteiger partial charge >= 0.3 is 0 Å². The van der Waals surface area contributed by atoms with Gasteiger partial charge in [-0.05, 0) is 6.07 Å².